The van der Waals surface area contributed by atoms with Crippen LogP contribution >= 0.6 is 0 Å². The average molecular weight is 525 g/mol. The van der Waals surface area contributed by atoms with E-state index < -0.39 is 6.04 Å². The highest BCUT2D eigenvalue weighted by Gasteiger charge is 2.26. The largest absolute Gasteiger partial charge is 0.493 e. The van der Waals surface area contributed by atoms with Crippen molar-refractivity contribution in [1.29, 1.82) is 0 Å². The number of fused-ring (bicyclic) bond motifs is 1. The molecule has 0 amide bonds. The Hall–Kier alpha value is -4.46. The molecule has 0 saturated heterocycles. The summed E-state index contributed by atoms with van der Waals surface area (Å²) in [5.74, 6) is 1.85. The van der Waals surface area contributed by atoms with Crippen molar-refractivity contribution in [3.05, 3.63) is 95.7 Å². The molecule has 0 aliphatic carbocycles. The molecule has 1 unspecified atom stereocenters. The molecule has 2 heterocycles. The van der Waals surface area contributed by atoms with Crippen LogP contribution in [0.15, 0.2) is 72.9 Å². The zero-order valence-electron chi connectivity index (χ0n) is 22.5. The maximum atomic E-state index is 15.9. The van der Waals surface area contributed by atoms with Gasteiger partial charge in [-0.1, -0.05) is 50.6 Å². The number of nitrogens with two attached hydrogens (primary N) is 1. The number of benzene rings is 3. The Bertz CT molecular complexity index is 1580. The van der Waals surface area contributed by atoms with Crippen LogP contribution in [0, 0.1) is 5.82 Å². The number of nitrogens with zero attached hydrogens (tertiary/aromatic N) is 4. The SMILES string of the molecule is CCCCOc1cc(F)c(C(Nc2ccc3c(N)nccc3c2)c2nc(-c3ccccc3)nn2C)cc1CC. The number of ether oxygens (including phenoxy) is 1. The number of hydrogen-bond acceptors (Lipinski definition) is 6. The van der Waals surface area contributed by atoms with Gasteiger partial charge in [0.2, 0.25) is 0 Å². The smallest absolute Gasteiger partial charge is 0.181 e. The Morgan fingerprint density at radius 1 is 1.05 bits per heavy atom. The summed E-state index contributed by atoms with van der Waals surface area (Å²) >= 11 is 0. The molecular formula is C31H33FN6O. The van der Waals surface area contributed by atoms with Crippen LogP contribution in [0.5, 0.6) is 5.75 Å². The highest BCUT2D eigenvalue weighted by molar-refractivity contribution is 5.92. The van der Waals surface area contributed by atoms with Gasteiger partial charge in [0.1, 0.15) is 23.4 Å². The molecule has 0 aliphatic rings. The molecule has 7 nitrogen and oxygen atoms in total. The van der Waals surface area contributed by atoms with Crippen molar-refractivity contribution in [2.24, 2.45) is 7.05 Å². The average Bonchev–Trinajstić information content (AvgIpc) is 3.34. The van der Waals surface area contributed by atoms with Crippen molar-refractivity contribution in [2.75, 3.05) is 17.7 Å². The van der Waals surface area contributed by atoms with Crippen LogP contribution in [-0.4, -0.2) is 26.4 Å². The van der Waals surface area contributed by atoms with E-state index in [1.165, 1.54) is 6.07 Å². The summed E-state index contributed by atoms with van der Waals surface area (Å²) in [4.78, 5) is 9.05. The van der Waals surface area contributed by atoms with Gasteiger partial charge >= 0.3 is 0 Å². The lowest BCUT2D eigenvalue weighted by Gasteiger charge is -2.22. The van der Waals surface area contributed by atoms with Gasteiger partial charge in [0.15, 0.2) is 11.6 Å². The van der Waals surface area contributed by atoms with E-state index in [4.69, 9.17) is 15.5 Å². The van der Waals surface area contributed by atoms with Crippen LogP contribution in [0.1, 0.15) is 49.7 Å². The fourth-order valence-electron chi connectivity index (χ4n) is 4.67. The molecule has 0 saturated carbocycles. The van der Waals surface area contributed by atoms with E-state index in [-0.39, 0.29) is 5.82 Å². The zero-order chi connectivity index (χ0) is 27.4. The van der Waals surface area contributed by atoms with Crippen molar-refractivity contribution in [2.45, 2.75) is 39.2 Å². The first-order chi connectivity index (χ1) is 19.0. The second-order valence-corrected chi connectivity index (χ2v) is 9.53. The lowest BCUT2D eigenvalue weighted by atomic mass is 9.99. The van der Waals surface area contributed by atoms with Crippen molar-refractivity contribution >= 4 is 22.3 Å². The van der Waals surface area contributed by atoms with Crippen molar-refractivity contribution < 1.29 is 9.13 Å². The minimum Gasteiger partial charge on any atom is -0.493 e. The summed E-state index contributed by atoms with van der Waals surface area (Å²) in [6.07, 6.45) is 4.31. The normalized spacial score (nSPS) is 12.0. The third-order valence-electron chi connectivity index (χ3n) is 6.82. The molecule has 3 N–H and O–H groups in total. The number of nitrogen functional groups attached to an aromatic ring is 1. The topological polar surface area (TPSA) is 90.9 Å². The molecule has 0 aliphatic heterocycles. The highest BCUT2D eigenvalue weighted by atomic mass is 19.1. The first-order valence-corrected chi connectivity index (χ1v) is 13.3. The molecule has 5 aromatic rings. The summed E-state index contributed by atoms with van der Waals surface area (Å²) in [5.41, 5.74) is 9.16. The van der Waals surface area contributed by atoms with Crippen LogP contribution in [0.2, 0.25) is 0 Å². The first kappa shape index (κ1) is 26.2. The molecule has 0 radical (unpaired) electrons. The Kier molecular flexibility index (Phi) is 7.72. The molecule has 39 heavy (non-hydrogen) atoms. The van der Waals surface area contributed by atoms with E-state index in [1.807, 2.05) is 74.6 Å². The Balaban J connectivity index is 1.60. The Labute approximate surface area is 227 Å². The quantitative estimate of drug-likeness (QED) is 0.198. The van der Waals surface area contributed by atoms with E-state index in [1.54, 1.807) is 10.9 Å². The van der Waals surface area contributed by atoms with Gasteiger partial charge in [0.05, 0.1) is 6.61 Å². The molecule has 0 fully saturated rings. The molecule has 2 aromatic heterocycles. The van der Waals surface area contributed by atoms with Crippen LogP contribution in [0.3, 0.4) is 0 Å². The summed E-state index contributed by atoms with van der Waals surface area (Å²) in [6.45, 7) is 4.71. The number of anilines is 2. The minimum absolute atomic E-state index is 0.366. The van der Waals surface area contributed by atoms with Crippen LogP contribution in [0.4, 0.5) is 15.9 Å². The third kappa shape index (κ3) is 5.55. The second kappa shape index (κ2) is 11.5. The summed E-state index contributed by atoms with van der Waals surface area (Å²) in [7, 11) is 1.83. The van der Waals surface area contributed by atoms with Gasteiger partial charge in [-0.3, -0.25) is 4.68 Å². The highest BCUT2D eigenvalue weighted by Crippen LogP contribution is 2.34. The van der Waals surface area contributed by atoms with Crippen molar-refractivity contribution in [1.82, 2.24) is 19.7 Å². The maximum absolute atomic E-state index is 15.9. The minimum atomic E-state index is -0.619. The molecule has 5 rings (SSSR count). The van der Waals surface area contributed by atoms with Crippen LogP contribution in [-0.2, 0) is 13.5 Å². The molecule has 8 heteroatoms. The predicted molar refractivity (Wildman–Crippen MR) is 154 cm³/mol. The number of nitrogens with one attached hydrogen (secondary N) is 1. The fraction of sp³-hybridized carbons (Fsp3) is 0.258. The van der Waals surface area contributed by atoms with E-state index in [2.05, 4.69) is 22.3 Å². The van der Waals surface area contributed by atoms with E-state index in [9.17, 15) is 0 Å². The lowest BCUT2D eigenvalue weighted by Crippen LogP contribution is -2.19. The molecule has 1 atom stereocenters. The van der Waals surface area contributed by atoms with Crippen molar-refractivity contribution in [3.63, 3.8) is 0 Å². The van der Waals surface area contributed by atoms with E-state index in [0.29, 0.717) is 41.8 Å². The Morgan fingerprint density at radius 3 is 2.64 bits per heavy atom. The number of aryl methyl sites for hydroxylation is 2. The van der Waals surface area contributed by atoms with Gasteiger partial charge in [-0.25, -0.2) is 14.4 Å². The number of hydrogen-bond donors (Lipinski definition) is 2. The summed E-state index contributed by atoms with van der Waals surface area (Å²) in [5, 5.41) is 9.98. The zero-order valence-corrected chi connectivity index (χ0v) is 22.5. The number of halogens is 1. The van der Waals surface area contributed by atoms with Gasteiger partial charge in [-0.2, -0.15) is 5.10 Å². The van der Waals surface area contributed by atoms with Gasteiger partial charge < -0.3 is 15.8 Å². The van der Waals surface area contributed by atoms with Gasteiger partial charge in [-0.15, -0.1) is 0 Å². The number of pyridine rings is 1. The number of unbranched alkanes of at least 4 members (excludes halogenated alkanes) is 1. The number of aromatic nitrogens is 4. The summed E-state index contributed by atoms with van der Waals surface area (Å²) in [6, 6.07) is 20.2. The summed E-state index contributed by atoms with van der Waals surface area (Å²) < 4.78 is 23.5. The number of rotatable bonds is 10. The fourth-order valence-corrected chi connectivity index (χ4v) is 4.67. The van der Waals surface area contributed by atoms with Gasteiger partial charge in [0.25, 0.3) is 0 Å². The lowest BCUT2D eigenvalue weighted by molar-refractivity contribution is 0.304. The van der Waals surface area contributed by atoms with Crippen LogP contribution < -0.4 is 15.8 Å². The third-order valence-corrected chi connectivity index (χ3v) is 6.82. The van der Waals surface area contributed by atoms with E-state index >= 15 is 4.39 Å². The van der Waals surface area contributed by atoms with Crippen LogP contribution in [0.25, 0.3) is 22.2 Å². The molecule has 200 valence electrons. The first-order valence-electron chi connectivity index (χ1n) is 13.3. The molecule has 0 spiro atoms. The maximum Gasteiger partial charge on any atom is 0.181 e. The molecule has 0 bridgehead atoms. The molecular weight excluding hydrogens is 491 g/mol. The van der Waals surface area contributed by atoms with Gasteiger partial charge in [-0.05, 0) is 54.1 Å². The Morgan fingerprint density at radius 2 is 1.87 bits per heavy atom. The predicted octanol–water partition coefficient (Wildman–Crippen LogP) is 6.69. The second-order valence-electron chi connectivity index (χ2n) is 9.53. The van der Waals surface area contributed by atoms with Crippen molar-refractivity contribution in [3.8, 4) is 17.1 Å². The molecule has 3 aromatic carbocycles. The monoisotopic (exact) mass is 524 g/mol. The van der Waals surface area contributed by atoms with Gasteiger partial charge in [0, 0.05) is 41.5 Å². The van der Waals surface area contributed by atoms with E-state index in [0.717, 1.165) is 40.4 Å². The standard InChI is InChI=1S/C31H33FN6O/c1-4-6-16-39-27-19-26(32)25(18-20(27)5-2)28(31-36-30(37-38(31)3)21-10-8-7-9-11-21)35-23-12-13-24-22(17-23)14-15-34-29(24)33/h7-15,17-19,28,35H,4-6,16H2,1-3H3,(H2,33,34).